The zero-order valence-corrected chi connectivity index (χ0v) is 18.1. The molecule has 5 rings (SSSR count). The van der Waals surface area contributed by atoms with Crippen LogP contribution >= 0.6 is 0 Å². The molecule has 0 aromatic carbocycles. The molecule has 1 aliphatic carbocycles. The van der Waals surface area contributed by atoms with Crippen LogP contribution in [0, 0.1) is 6.92 Å². The summed E-state index contributed by atoms with van der Waals surface area (Å²) in [7, 11) is 0. The fourth-order valence-electron chi connectivity index (χ4n) is 4.29. The minimum atomic E-state index is -0.271. The van der Waals surface area contributed by atoms with Gasteiger partial charge in [-0.1, -0.05) is 0 Å². The first kappa shape index (κ1) is 20.7. The van der Waals surface area contributed by atoms with Crippen LogP contribution in [0.4, 0.5) is 5.82 Å². The molecular formula is C23H27N5O4. The number of anilines is 1. The standard InChI is InChI=1S/C23H27N5O4/c1-15-12-18-19(25-14-15)13-20(28-7-10-30-11-8-28)27-22(18)32-17-4-2-16(3-5-17)26-21(29)23-24-6-9-31-23/h6,9,12-14,16-17H,2-5,7-8,10-11H2,1H3,(H,26,29). The number of fused-ring (bicyclic) bond motifs is 1. The lowest BCUT2D eigenvalue weighted by atomic mass is 9.93. The molecule has 1 saturated heterocycles. The van der Waals surface area contributed by atoms with Crippen molar-refractivity contribution in [2.45, 2.75) is 44.8 Å². The maximum Gasteiger partial charge on any atom is 0.307 e. The summed E-state index contributed by atoms with van der Waals surface area (Å²) in [4.78, 5) is 27.8. The summed E-state index contributed by atoms with van der Waals surface area (Å²) in [5.74, 6) is 1.33. The summed E-state index contributed by atoms with van der Waals surface area (Å²) < 4.78 is 17.0. The molecule has 0 spiro atoms. The molecule has 32 heavy (non-hydrogen) atoms. The Balaban J connectivity index is 1.29. The predicted molar refractivity (Wildman–Crippen MR) is 118 cm³/mol. The highest BCUT2D eigenvalue weighted by Crippen LogP contribution is 2.31. The lowest BCUT2D eigenvalue weighted by Crippen LogP contribution is -2.40. The number of hydrogen-bond acceptors (Lipinski definition) is 8. The number of amides is 1. The second-order valence-corrected chi connectivity index (χ2v) is 8.37. The maximum absolute atomic E-state index is 12.2. The van der Waals surface area contributed by atoms with E-state index in [0.29, 0.717) is 19.1 Å². The number of hydrogen-bond donors (Lipinski definition) is 1. The number of aromatic nitrogens is 3. The van der Waals surface area contributed by atoms with E-state index in [0.717, 1.165) is 61.1 Å². The molecule has 2 aliphatic rings. The Kier molecular flexibility index (Phi) is 5.89. The molecule has 1 aliphatic heterocycles. The van der Waals surface area contributed by atoms with Crippen LogP contribution in [0.3, 0.4) is 0 Å². The van der Waals surface area contributed by atoms with Crippen LogP contribution in [0.2, 0.25) is 0 Å². The first-order valence-corrected chi connectivity index (χ1v) is 11.1. The summed E-state index contributed by atoms with van der Waals surface area (Å²) in [5, 5.41) is 3.93. The molecule has 1 amide bonds. The molecule has 0 atom stereocenters. The van der Waals surface area contributed by atoms with E-state index >= 15 is 0 Å². The van der Waals surface area contributed by atoms with Crippen LogP contribution in [-0.4, -0.2) is 59.3 Å². The Morgan fingerprint density at radius 3 is 2.72 bits per heavy atom. The lowest BCUT2D eigenvalue weighted by Gasteiger charge is -2.30. The highest BCUT2D eigenvalue weighted by Gasteiger charge is 2.26. The average molecular weight is 438 g/mol. The minimum Gasteiger partial charge on any atom is -0.474 e. The quantitative estimate of drug-likeness (QED) is 0.650. The van der Waals surface area contributed by atoms with Crippen LogP contribution in [0.15, 0.2) is 35.2 Å². The summed E-state index contributed by atoms with van der Waals surface area (Å²) in [6.07, 6.45) is 8.11. The van der Waals surface area contributed by atoms with E-state index in [4.69, 9.17) is 18.9 Å². The van der Waals surface area contributed by atoms with E-state index in [9.17, 15) is 4.79 Å². The largest absolute Gasteiger partial charge is 0.474 e. The monoisotopic (exact) mass is 437 g/mol. The van der Waals surface area contributed by atoms with E-state index in [-0.39, 0.29) is 23.9 Å². The molecule has 2 fully saturated rings. The van der Waals surface area contributed by atoms with Gasteiger partial charge in [0.2, 0.25) is 5.88 Å². The van der Waals surface area contributed by atoms with Gasteiger partial charge >= 0.3 is 5.91 Å². The fraction of sp³-hybridized carbons (Fsp3) is 0.478. The number of nitrogens with one attached hydrogen (secondary N) is 1. The molecule has 4 heterocycles. The van der Waals surface area contributed by atoms with Crippen molar-refractivity contribution < 1.29 is 18.7 Å². The number of morpholine rings is 1. The number of aryl methyl sites for hydroxylation is 1. The average Bonchev–Trinajstić information content (AvgIpc) is 3.36. The summed E-state index contributed by atoms with van der Waals surface area (Å²) in [6, 6.07) is 4.19. The molecule has 0 bridgehead atoms. The van der Waals surface area contributed by atoms with Crippen molar-refractivity contribution in [1.29, 1.82) is 0 Å². The van der Waals surface area contributed by atoms with Crippen molar-refractivity contribution in [2.24, 2.45) is 0 Å². The Morgan fingerprint density at radius 1 is 1.16 bits per heavy atom. The van der Waals surface area contributed by atoms with Crippen LogP contribution in [0.5, 0.6) is 5.88 Å². The van der Waals surface area contributed by atoms with Crippen LogP contribution < -0.4 is 15.0 Å². The van der Waals surface area contributed by atoms with E-state index < -0.39 is 0 Å². The van der Waals surface area contributed by atoms with Gasteiger partial charge in [0, 0.05) is 31.4 Å². The zero-order chi connectivity index (χ0) is 21.9. The zero-order valence-electron chi connectivity index (χ0n) is 18.1. The number of rotatable bonds is 5. The number of carbonyl (C=O) groups is 1. The topological polar surface area (TPSA) is 103 Å². The number of nitrogens with zero attached hydrogens (tertiary/aromatic N) is 4. The first-order valence-electron chi connectivity index (χ1n) is 11.1. The van der Waals surface area contributed by atoms with Crippen LogP contribution in [-0.2, 0) is 4.74 Å². The van der Waals surface area contributed by atoms with Crippen LogP contribution in [0.1, 0.15) is 41.9 Å². The van der Waals surface area contributed by atoms with Crippen molar-refractivity contribution in [3.63, 3.8) is 0 Å². The third-order valence-corrected chi connectivity index (χ3v) is 6.02. The van der Waals surface area contributed by atoms with E-state index in [1.54, 1.807) is 0 Å². The van der Waals surface area contributed by atoms with E-state index in [1.807, 2.05) is 19.2 Å². The molecule has 1 N–H and O–H groups in total. The normalized spacial score (nSPS) is 21.5. The van der Waals surface area contributed by atoms with Crippen molar-refractivity contribution in [3.05, 3.63) is 42.2 Å². The SMILES string of the molecule is Cc1cnc2cc(N3CCOCC3)nc(OC3CCC(NC(=O)c4ncco4)CC3)c2c1. The predicted octanol–water partition coefficient (Wildman–Crippen LogP) is 2.88. The molecular weight excluding hydrogens is 410 g/mol. The second-order valence-electron chi connectivity index (χ2n) is 8.37. The van der Waals surface area contributed by atoms with Gasteiger partial charge < -0.3 is 24.1 Å². The van der Waals surface area contributed by atoms with Gasteiger partial charge in [-0.2, -0.15) is 4.98 Å². The van der Waals surface area contributed by atoms with Gasteiger partial charge in [-0.3, -0.25) is 9.78 Å². The lowest BCUT2D eigenvalue weighted by molar-refractivity contribution is 0.0858. The second kappa shape index (κ2) is 9.12. The van der Waals surface area contributed by atoms with Crippen molar-refractivity contribution >= 4 is 22.6 Å². The van der Waals surface area contributed by atoms with Crippen molar-refractivity contribution in [3.8, 4) is 5.88 Å². The molecule has 9 heteroatoms. The van der Waals surface area contributed by atoms with Gasteiger partial charge in [-0.25, -0.2) is 4.98 Å². The van der Waals surface area contributed by atoms with Gasteiger partial charge in [-0.05, 0) is 44.2 Å². The van der Waals surface area contributed by atoms with Gasteiger partial charge in [0.05, 0.1) is 30.3 Å². The fourth-order valence-corrected chi connectivity index (χ4v) is 4.29. The Hall–Kier alpha value is -3.20. The van der Waals surface area contributed by atoms with E-state index in [2.05, 4.69) is 26.3 Å². The van der Waals surface area contributed by atoms with Gasteiger partial charge in [0.25, 0.3) is 5.89 Å². The molecule has 9 nitrogen and oxygen atoms in total. The number of ether oxygens (including phenoxy) is 2. The third-order valence-electron chi connectivity index (χ3n) is 6.02. The molecule has 3 aromatic heterocycles. The van der Waals surface area contributed by atoms with Crippen molar-refractivity contribution in [2.75, 3.05) is 31.2 Å². The van der Waals surface area contributed by atoms with Gasteiger partial charge in [0.1, 0.15) is 18.2 Å². The number of pyridine rings is 2. The first-order chi connectivity index (χ1) is 15.7. The molecule has 1 saturated carbocycles. The summed E-state index contributed by atoms with van der Waals surface area (Å²) in [6.45, 7) is 5.02. The maximum atomic E-state index is 12.2. The number of carbonyl (C=O) groups excluding carboxylic acids is 1. The molecule has 168 valence electrons. The Labute approximate surface area is 186 Å². The highest BCUT2D eigenvalue weighted by atomic mass is 16.5. The Bertz CT molecular complexity index is 1070. The Morgan fingerprint density at radius 2 is 1.97 bits per heavy atom. The number of oxazole rings is 1. The smallest absolute Gasteiger partial charge is 0.307 e. The molecule has 3 aromatic rings. The highest BCUT2D eigenvalue weighted by molar-refractivity contribution is 5.89. The summed E-state index contributed by atoms with van der Waals surface area (Å²) in [5.41, 5.74) is 1.95. The third kappa shape index (κ3) is 4.52. The van der Waals surface area contributed by atoms with Crippen molar-refractivity contribution in [1.82, 2.24) is 20.3 Å². The molecule has 0 unspecified atom stereocenters. The van der Waals surface area contributed by atoms with Gasteiger partial charge in [-0.15, -0.1) is 0 Å². The minimum absolute atomic E-state index is 0.0426. The molecule has 0 radical (unpaired) electrons. The summed E-state index contributed by atoms with van der Waals surface area (Å²) >= 11 is 0. The van der Waals surface area contributed by atoms with E-state index in [1.165, 1.54) is 12.5 Å². The van der Waals surface area contributed by atoms with Crippen LogP contribution in [0.25, 0.3) is 10.9 Å². The van der Waals surface area contributed by atoms with Gasteiger partial charge in [0.15, 0.2) is 0 Å².